The summed E-state index contributed by atoms with van der Waals surface area (Å²) in [6, 6.07) is 0. The summed E-state index contributed by atoms with van der Waals surface area (Å²) >= 11 is 0. The van der Waals surface area contributed by atoms with Crippen molar-refractivity contribution in [2.24, 2.45) is 0 Å². The Morgan fingerprint density at radius 1 is 1.24 bits per heavy atom. The van der Waals surface area contributed by atoms with Crippen molar-refractivity contribution in [2.45, 2.75) is 26.4 Å². The van der Waals surface area contributed by atoms with E-state index in [-0.39, 0.29) is 5.97 Å². The number of hydrogen-bond acceptors (Lipinski definition) is 4. The molecule has 0 spiro atoms. The van der Waals surface area contributed by atoms with Crippen LogP contribution in [0.25, 0.3) is 0 Å². The highest BCUT2D eigenvalue weighted by molar-refractivity contribution is 5.98. The summed E-state index contributed by atoms with van der Waals surface area (Å²) in [7, 11) is 1.59. The molecule has 1 aromatic carbocycles. The molecule has 2 aliphatic rings. The van der Waals surface area contributed by atoms with Gasteiger partial charge in [0.1, 0.15) is 23.7 Å². The molecule has 4 heteroatoms. The molecule has 0 unspecified atom stereocenters. The summed E-state index contributed by atoms with van der Waals surface area (Å²) in [5.41, 5.74) is 3.52. The Bertz CT molecular complexity index is 505. The van der Waals surface area contributed by atoms with Gasteiger partial charge in [-0.25, -0.2) is 4.79 Å². The van der Waals surface area contributed by atoms with E-state index in [1.807, 2.05) is 6.92 Å². The number of esters is 1. The van der Waals surface area contributed by atoms with Gasteiger partial charge in [0.15, 0.2) is 0 Å². The van der Waals surface area contributed by atoms with Gasteiger partial charge in [-0.2, -0.15) is 0 Å². The second kappa shape index (κ2) is 3.65. The number of carbonyl (C=O) groups excluding carboxylic acids is 1. The first-order valence-electron chi connectivity index (χ1n) is 5.76. The molecule has 0 amide bonds. The van der Waals surface area contributed by atoms with Gasteiger partial charge in [0.25, 0.3) is 0 Å². The first-order chi connectivity index (χ1) is 8.24. The smallest absolute Gasteiger partial charge is 0.342 e. The molecule has 4 nitrogen and oxygen atoms in total. The zero-order valence-electron chi connectivity index (χ0n) is 9.96. The van der Waals surface area contributed by atoms with Crippen LogP contribution in [0.3, 0.4) is 0 Å². The van der Waals surface area contributed by atoms with Crippen LogP contribution in [0.4, 0.5) is 0 Å². The Labute approximate surface area is 99.5 Å². The molecule has 2 aliphatic heterocycles. The van der Waals surface area contributed by atoms with Gasteiger partial charge in [-0.15, -0.1) is 0 Å². The van der Waals surface area contributed by atoms with Gasteiger partial charge in [-0.3, -0.25) is 0 Å². The number of methoxy groups -OCH3 is 1. The van der Waals surface area contributed by atoms with Gasteiger partial charge >= 0.3 is 5.97 Å². The van der Waals surface area contributed by atoms with Crippen molar-refractivity contribution in [2.75, 3.05) is 13.7 Å². The Hall–Kier alpha value is -1.71. The van der Waals surface area contributed by atoms with Crippen LogP contribution in [0, 0.1) is 6.92 Å². The van der Waals surface area contributed by atoms with Crippen LogP contribution >= 0.6 is 0 Å². The van der Waals surface area contributed by atoms with Crippen LogP contribution in [-0.4, -0.2) is 19.7 Å². The maximum absolute atomic E-state index is 11.7. The molecule has 0 saturated carbocycles. The van der Waals surface area contributed by atoms with Crippen LogP contribution in [0.2, 0.25) is 0 Å². The summed E-state index contributed by atoms with van der Waals surface area (Å²) in [5.74, 6) is 1.24. The second-order valence-corrected chi connectivity index (χ2v) is 4.35. The topological polar surface area (TPSA) is 44.8 Å². The molecule has 0 bridgehead atoms. The molecule has 2 heterocycles. The first kappa shape index (κ1) is 10.4. The third-order valence-corrected chi connectivity index (χ3v) is 3.44. The van der Waals surface area contributed by atoms with Gasteiger partial charge in [0.2, 0.25) is 0 Å². The highest BCUT2D eigenvalue weighted by atomic mass is 16.5. The minimum absolute atomic E-state index is 0.284. The fourth-order valence-electron chi connectivity index (χ4n) is 2.62. The molecule has 17 heavy (non-hydrogen) atoms. The Morgan fingerprint density at radius 3 is 2.82 bits per heavy atom. The molecular formula is C13H14O4. The van der Waals surface area contributed by atoms with E-state index in [0.29, 0.717) is 17.9 Å². The molecule has 90 valence electrons. The molecule has 0 fully saturated rings. The number of carbonyl (C=O) groups is 1. The minimum atomic E-state index is -0.284. The number of rotatable bonds is 1. The van der Waals surface area contributed by atoms with E-state index in [1.165, 1.54) is 0 Å². The van der Waals surface area contributed by atoms with Crippen LogP contribution in [0.15, 0.2) is 0 Å². The van der Waals surface area contributed by atoms with Crippen LogP contribution in [-0.2, 0) is 17.8 Å². The lowest BCUT2D eigenvalue weighted by Gasteiger charge is -2.23. The molecule has 1 aromatic rings. The number of benzene rings is 1. The largest absolute Gasteiger partial charge is 0.495 e. The van der Waals surface area contributed by atoms with E-state index in [9.17, 15) is 4.79 Å². The highest BCUT2D eigenvalue weighted by Crippen LogP contribution is 2.44. The Morgan fingerprint density at radius 2 is 2.06 bits per heavy atom. The van der Waals surface area contributed by atoms with E-state index >= 15 is 0 Å². The number of ether oxygens (including phenoxy) is 3. The average Bonchev–Trinajstić information content (AvgIpc) is 2.73. The first-order valence-corrected chi connectivity index (χ1v) is 5.76. The van der Waals surface area contributed by atoms with Crippen LogP contribution in [0.1, 0.15) is 33.5 Å². The molecule has 0 saturated heterocycles. The van der Waals surface area contributed by atoms with E-state index < -0.39 is 0 Å². The fraction of sp³-hybridized carbons (Fsp3) is 0.462. The Kier molecular flexibility index (Phi) is 2.24. The monoisotopic (exact) mass is 234 g/mol. The summed E-state index contributed by atoms with van der Waals surface area (Å²) in [4.78, 5) is 11.7. The quantitative estimate of drug-likeness (QED) is 0.697. The van der Waals surface area contributed by atoms with Gasteiger partial charge < -0.3 is 14.2 Å². The second-order valence-electron chi connectivity index (χ2n) is 4.35. The van der Waals surface area contributed by atoms with Crippen LogP contribution < -0.4 is 9.47 Å². The molecule has 0 aliphatic carbocycles. The molecule has 3 rings (SSSR count). The fourth-order valence-corrected chi connectivity index (χ4v) is 2.62. The van der Waals surface area contributed by atoms with E-state index in [0.717, 1.165) is 41.9 Å². The van der Waals surface area contributed by atoms with Crippen LogP contribution in [0.5, 0.6) is 11.5 Å². The number of cyclic esters (lactones) is 1. The average molecular weight is 234 g/mol. The highest BCUT2D eigenvalue weighted by Gasteiger charge is 2.33. The van der Waals surface area contributed by atoms with Gasteiger partial charge in [-0.05, 0) is 25.3 Å². The van der Waals surface area contributed by atoms with E-state index in [2.05, 4.69) is 0 Å². The van der Waals surface area contributed by atoms with E-state index in [1.54, 1.807) is 7.11 Å². The lowest BCUT2D eigenvalue weighted by molar-refractivity contribution is 0.0532. The zero-order valence-corrected chi connectivity index (χ0v) is 9.96. The molecule has 0 radical (unpaired) electrons. The minimum Gasteiger partial charge on any atom is -0.495 e. The normalized spacial score (nSPS) is 16.9. The lowest BCUT2D eigenvalue weighted by Crippen LogP contribution is -2.14. The molecule has 0 atom stereocenters. The molecule has 0 aromatic heterocycles. The third kappa shape index (κ3) is 1.33. The predicted octanol–water partition coefficient (Wildman–Crippen LogP) is 2.00. The third-order valence-electron chi connectivity index (χ3n) is 3.44. The van der Waals surface area contributed by atoms with Crippen molar-refractivity contribution in [3.63, 3.8) is 0 Å². The SMILES string of the molecule is COc1c2c(c(C)c3c1C(=O)OC3)OCCC2. The maximum atomic E-state index is 11.7. The van der Waals surface area contributed by atoms with E-state index in [4.69, 9.17) is 14.2 Å². The van der Waals surface area contributed by atoms with Gasteiger partial charge in [0.05, 0.1) is 13.7 Å². The summed E-state index contributed by atoms with van der Waals surface area (Å²) in [6.07, 6.45) is 1.84. The number of hydrogen-bond donors (Lipinski definition) is 0. The standard InChI is InChI=1S/C13H14O4/c1-7-9-6-17-13(14)10(9)12(15-2)8-4-3-5-16-11(7)8/h3-6H2,1-2H3. The summed E-state index contributed by atoms with van der Waals surface area (Å²) in [5, 5.41) is 0. The van der Waals surface area contributed by atoms with Crippen molar-refractivity contribution in [1.29, 1.82) is 0 Å². The predicted molar refractivity (Wildman–Crippen MR) is 60.7 cm³/mol. The number of fused-ring (bicyclic) bond motifs is 2. The zero-order chi connectivity index (χ0) is 12.0. The van der Waals surface area contributed by atoms with Gasteiger partial charge in [-0.1, -0.05) is 0 Å². The van der Waals surface area contributed by atoms with Crippen molar-refractivity contribution >= 4 is 5.97 Å². The van der Waals surface area contributed by atoms with Crippen molar-refractivity contribution in [1.82, 2.24) is 0 Å². The van der Waals surface area contributed by atoms with Crippen molar-refractivity contribution in [3.8, 4) is 11.5 Å². The summed E-state index contributed by atoms with van der Waals surface area (Å²) in [6.45, 7) is 3.03. The lowest BCUT2D eigenvalue weighted by atomic mass is 9.93. The van der Waals surface area contributed by atoms with Crippen molar-refractivity contribution in [3.05, 3.63) is 22.3 Å². The maximum Gasteiger partial charge on any atom is 0.342 e. The Balaban J connectivity index is 2.33. The summed E-state index contributed by atoms with van der Waals surface area (Å²) < 4.78 is 16.2. The molecule has 0 N–H and O–H groups in total. The molecular weight excluding hydrogens is 220 g/mol. The van der Waals surface area contributed by atoms with Gasteiger partial charge in [0, 0.05) is 11.1 Å². The van der Waals surface area contributed by atoms with Crippen molar-refractivity contribution < 1.29 is 19.0 Å².